The predicted octanol–water partition coefficient (Wildman–Crippen LogP) is 3.13. The van der Waals surface area contributed by atoms with Gasteiger partial charge < -0.3 is 4.90 Å². The molecule has 74 valence electrons. The van der Waals surface area contributed by atoms with Crippen LogP contribution in [0.1, 0.15) is 39.0 Å². The van der Waals surface area contributed by atoms with E-state index in [9.17, 15) is 0 Å². The Balaban J connectivity index is 2.97. The van der Waals surface area contributed by atoms with Crippen molar-refractivity contribution in [2.45, 2.75) is 39.0 Å². The van der Waals surface area contributed by atoms with E-state index in [1.165, 1.54) is 45.2 Å². The predicted molar refractivity (Wildman–Crippen MR) is 57.0 cm³/mol. The SMILES string of the molecule is CCCN(C)CCCCCCCl. The van der Waals surface area contributed by atoms with Crippen LogP contribution < -0.4 is 0 Å². The highest BCUT2D eigenvalue weighted by molar-refractivity contribution is 6.17. The van der Waals surface area contributed by atoms with Crippen molar-refractivity contribution in [2.75, 3.05) is 26.0 Å². The van der Waals surface area contributed by atoms with Gasteiger partial charge in [-0.25, -0.2) is 0 Å². The van der Waals surface area contributed by atoms with Crippen molar-refractivity contribution in [1.29, 1.82) is 0 Å². The van der Waals surface area contributed by atoms with Gasteiger partial charge in [0.05, 0.1) is 0 Å². The molecule has 0 rings (SSSR count). The van der Waals surface area contributed by atoms with Crippen LogP contribution in [0.3, 0.4) is 0 Å². The van der Waals surface area contributed by atoms with Gasteiger partial charge in [0, 0.05) is 5.88 Å². The molecule has 0 aromatic heterocycles. The van der Waals surface area contributed by atoms with E-state index >= 15 is 0 Å². The molecule has 12 heavy (non-hydrogen) atoms. The van der Waals surface area contributed by atoms with Crippen LogP contribution in [0.4, 0.5) is 0 Å². The minimum Gasteiger partial charge on any atom is -0.306 e. The van der Waals surface area contributed by atoms with Crippen LogP contribution in [0.2, 0.25) is 0 Å². The zero-order chi connectivity index (χ0) is 9.23. The second-order valence-electron chi connectivity index (χ2n) is 3.41. The highest BCUT2D eigenvalue weighted by Crippen LogP contribution is 2.02. The van der Waals surface area contributed by atoms with Crippen molar-refractivity contribution in [3.05, 3.63) is 0 Å². The van der Waals surface area contributed by atoms with E-state index in [0.717, 1.165) is 5.88 Å². The van der Waals surface area contributed by atoms with Crippen molar-refractivity contribution in [1.82, 2.24) is 4.90 Å². The third-order valence-electron chi connectivity index (χ3n) is 2.03. The first kappa shape index (κ1) is 12.2. The van der Waals surface area contributed by atoms with Crippen molar-refractivity contribution in [3.8, 4) is 0 Å². The molecule has 0 aromatic rings. The molecule has 0 atom stereocenters. The van der Waals surface area contributed by atoms with Crippen molar-refractivity contribution in [3.63, 3.8) is 0 Å². The number of alkyl halides is 1. The second kappa shape index (κ2) is 9.34. The molecule has 0 aliphatic rings. The lowest BCUT2D eigenvalue weighted by molar-refractivity contribution is 0.325. The van der Waals surface area contributed by atoms with Gasteiger partial charge in [-0.05, 0) is 39.4 Å². The normalized spacial score (nSPS) is 11.0. The highest BCUT2D eigenvalue weighted by atomic mass is 35.5. The van der Waals surface area contributed by atoms with Gasteiger partial charge >= 0.3 is 0 Å². The summed E-state index contributed by atoms with van der Waals surface area (Å²) in [6.07, 6.45) is 6.40. The quantitative estimate of drug-likeness (QED) is 0.421. The van der Waals surface area contributed by atoms with Crippen LogP contribution in [0.5, 0.6) is 0 Å². The molecule has 0 aromatic carbocycles. The Labute approximate surface area is 82.1 Å². The average molecular weight is 192 g/mol. The molecular weight excluding hydrogens is 170 g/mol. The van der Waals surface area contributed by atoms with Gasteiger partial charge in [0.15, 0.2) is 0 Å². The number of nitrogens with zero attached hydrogens (tertiary/aromatic N) is 1. The van der Waals surface area contributed by atoms with E-state index < -0.39 is 0 Å². The molecule has 0 radical (unpaired) electrons. The molecule has 2 heteroatoms. The minimum atomic E-state index is 0.824. The maximum absolute atomic E-state index is 5.58. The molecule has 0 N–H and O–H groups in total. The van der Waals surface area contributed by atoms with E-state index in [-0.39, 0.29) is 0 Å². The number of hydrogen-bond acceptors (Lipinski definition) is 1. The maximum Gasteiger partial charge on any atom is 0.0223 e. The lowest BCUT2D eigenvalue weighted by atomic mass is 10.2. The number of unbranched alkanes of at least 4 members (excludes halogenated alkanes) is 3. The molecule has 0 saturated heterocycles. The Bertz CT molecular complexity index is 85.9. The molecule has 0 bridgehead atoms. The first-order valence-corrected chi connectivity index (χ1v) is 5.59. The Hall–Kier alpha value is 0.250. The zero-order valence-electron chi connectivity index (χ0n) is 8.48. The summed E-state index contributed by atoms with van der Waals surface area (Å²) in [5, 5.41) is 0. The lowest BCUT2D eigenvalue weighted by Crippen LogP contribution is -2.20. The summed E-state index contributed by atoms with van der Waals surface area (Å²) in [4.78, 5) is 2.40. The highest BCUT2D eigenvalue weighted by Gasteiger charge is 1.95. The monoisotopic (exact) mass is 191 g/mol. The summed E-state index contributed by atoms with van der Waals surface area (Å²) in [5.41, 5.74) is 0. The fourth-order valence-electron chi connectivity index (χ4n) is 1.32. The average Bonchev–Trinajstić information content (AvgIpc) is 2.05. The Kier molecular flexibility index (Phi) is 9.53. The van der Waals surface area contributed by atoms with Gasteiger partial charge in [-0.15, -0.1) is 11.6 Å². The maximum atomic E-state index is 5.58. The van der Waals surface area contributed by atoms with Crippen LogP contribution in [0.25, 0.3) is 0 Å². The second-order valence-corrected chi connectivity index (χ2v) is 3.78. The third kappa shape index (κ3) is 8.35. The first-order chi connectivity index (χ1) is 5.81. The van der Waals surface area contributed by atoms with E-state index in [0.29, 0.717) is 0 Å². The van der Waals surface area contributed by atoms with Crippen LogP contribution >= 0.6 is 11.6 Å². The van der Waals surface area contributed by atoms with E-state index in [4.69, 9.17) is 11.6 Å². The number of hydrogen-bond donors (Lipinski definition) is 0. The smallest absolute Gasteiger partial charge is 0.0223 e. The Morgan fingerprint density at radius 2 is 1.67 bits per heavy atom. The zero-order valence-corrected chi connectivity index (χ0v) is 9.24. The summed E-state index contributed by atoms with van der Waals surface area (Å²) in [6, 6.07) is 0. The third-order valence-corrected chi connectivity index (χ3v) is 2.30. The summed E-state index contributed by atoms with van der Waals surface area (Å²) in [6.45, 7) is 4.70. The van der Waals surface area contributed by atoms with Gasteiger partial charge in [-0.1, -0.05) is 19.8 Å². The van der Waals surface area contributed by atoms with Gasteiger partial charge in [-0.3, -0.25) is 0 Å². The summed E-state index contributed by atoms with van der Waals surface area (Å²) >= 11 is 5.58. The summed E-state index contributed by atoms with van der Waals surface area (Å²) in [7, 11) is 2.20. The van der Waals surface area contributed by atoms with Crippen LogP contribution in [-0.2, 0) is 0 Å². The molecule has 0 aliphatic heterocycles. The van der Waals surface area contributed by atoms with Crippen molar-refractivity contribution in [2.24, 2.45) is 0 Å². The summed E-state index contributed by atoms with van der Waals surface area (Å²) in [5.74, 6) is 0.824. The fraction of sp³-hybridized carbons (Fsp3) is 1.00. The van der Waals surface area contributed by atoms with E-state index in [1.54, 1.807) is 0 Å². The van der Waals surface area contributed by atoms with Gasteiger partial charge in [0.1, 0.15) is 0 Å². The van der Waals surface area contributed by atoms with Gasteiger partial charge in [-0.2, -0.15) is 0 Å². The molecular formula is C10H22ClN. The van der Waals surface area contributed by atoms with E-state index in [1.807, 2.05) is 0 Å². The first-order valence-electron chi connectivity index (χ1n) is 5.05. The summed E-state index contributed by atoms with van der Waals surface area (Å²) < 4.78 is 0. The number of halogens is 1. The standard InChI is InChI=1S/C10H22ClN/c1-3-9-12(2)10-7-5-4-6-8-11/h3-10H2,1-2H3. The van der Waals surface area contributed by atoms with Crippen LogP contribution in [0.15, 0.2) is 0 Å². The molecule has 0 amide bonds. The topological polar surface area (TPSA) is 3.24 Å². The molecule has 0 aliphatic carbocycles. The van der Waals surface area contributed by atoms with Crippen LogP contribution in [-0.4, -0.2) is 30.9 Å². The molecule has 0 unspecified atom stereocenters. The van der Waals surface area contributed by atoms with Crippen molar-refractivity contribution < 1.29 is 0 Å². The van der Waals surface area contributed by atoms with E-state index in [2.05, 4.69) is 18.9 Å². The number of rotatable bonds is 8. The molecule has 0 heterocycles. The molecule has 0 fully saturated rings. The Morgan fingerprint density at radius 1 is 1.00 bits per heavy atom. The molecule has 0 spiro atoms. The van der Waals surface area contributed by atoms with Crippen molar-refractivity contribution >= 4 is 11.6 Å². The molecule has 1 nitrogen and oxygen atoms in total. The van der Waals surface area contributed by atoms with Gasteiger partial charge in [0.2, 0.25) is 0 Å². The largest absolute Gasteiger partial charge is 0.306 e. The lowest BCUT2D eigenvalue weighted by Gasteiger charge is -2.14. The minimum absolute atomic E-state index is 0.824. The Morgan fingerprint density at radius 3 is 2.25 bits per heavy atom. The van der Waals surface area contributed by atoms with Gasteiger partial charge in [0.25, 0.3) is 0 Å². The van der Waals surface area contributed by atoms with Crippen LogP contribution in [0, 0.1) is 0 Å². The fourth-order valence-corrected chi connectivity index (χ4v) is 1.51. The molecule has 0 saturated carbocycles.